The first-order chi connectivity index (χ1) is 13.4. The van der Waals surface area contributed by atoms with Gasteiger partial charge in [0.25, 0.3) is 5.91 Å². The Morgan fingerprint density at radius 1 is 1.11 bits per heavy atom. The maximum atomic E-state index is 12.5. The molecule has 1 aliphatic rings. The first-order valence-corrected chi connectivity index (χ1v) is 8.98. The second-order valence-corrected chi connectivity index (χ2v) is 6.72. The van der Waals surface area contributed by atoms with Crippen LogP contribution in [-0.4, -0.2) is 49.3 Å². The summed E-state index contributed by atoms with van der Waals surface area (Å²) in [6.45, 7) is 0.479. The minimum absolute atomic E-state index is 0.0435. The molecule has 0 aliphatic carbocycles. The highest BCUT2D eigenvalue weighted by Crippen LogP contribution is 2.33. The van der Waals surface area contributed by atoms with Gasteiger partial charge in [0, 0.05) is 18.1 Å². The lowest BCUT2D eigenvalue weighted by Crippen LogP contribution is -2.38. The summed E-state index contributed by atoms with van der Waals surface area (Å²) in [6, 6.07) is 7.82. The Morgan fingerprint density at radius 3 is 2.43 bits per heavy atom. The maximum Gasteiger partial charge on any atom is 0.342 e. The van der Waals surface area contributed by atoms with Crippen molar-refractivity contribution >= 4 is 23.5 Å². The first-order valence-electron chi connectivity index (χ1n) is 8.60. The average molecular weight is 406 g/mol. The second kappa shape index (κ2) is 8.39. The Labute approximate surface area is 167 Å². The Balaban J connectivity index is 1.64. The summed E-state index contributed by atoms with van der Waals surface area (Å²) in [7, 11) is 3.14. The summed E-state index contributed by atoms with van der Waals surface area (Å²) in [5.41, 5.74) is 2.00. The highest BCUT2D eigenvalue weighted by Gasteiger charge is 2.24. The minimum atomic E-state index is -0.786. The number of phenolic OH excluding ortho intramolecular Hbond substituents is 1. The number of rotatable bonds is 5. The fraction of sp³-hybridized carbons (Fsp3) is 0.300. The van der Waals surface area contributed by atoms with Gasteiger partial charge >= 0.3 is 5.97 Å². The van der Waals surface area contributed by atoms with Gasteiger partial charge in [0.05, 0.1) is 14.2 Å². The summed E-state index contributed by atoms with van der Waals surface area (Å²) >= 11 is 5.74. The highest BCUT2D eigenvalue weighted by molar-refractivity contribution is 6.30. The van der Waals surface area contributed by atoms with Crippen LogP contribution in [0, 0.1) is 0 Å². The van der Waals surface area contributed by atoms with Gasteiger partial charge in [-0.3, -0.25) is 4.79 Å². The number of fused-ring (bicyclic) bond motifs is 1. The number of hydrogen-bond donors (Lipinski definition) is 1. The van der Waals surface area contributed by atoms with Crippen LogP contribution in [0.1, 0.15) is 21.5 Å². The van der Waals surface area contributed by atoms with E-state index in [1.807, 2.05) is 12.1 Å². The zero-order chi connectivity index (χ0) is 20.3. The van der Waals surface area contributed by atoms with Gasteiger partial charge in [0.15, 0.2) is 18.1 Å². The summed E-state index contributed by atoms with van der Waals surface area (Å²) in [5.74, 6) is -0.149. The standard InChI is InChI=1S/C20H20ClNO6/c1-26-17-7-12-5-6-22(10-13(12)8-18(17)27-2)19(24)11-28-20(25)15-4-3-14(21)9-16(15)23/h3-4,7-9,23H,5-6,10-11H2,1-2H3. The van der Waals surface area contributed by atoms with Crippen molar-refractivity contribution in [3.63, 3.8) is 0 Å². The van der Waals surface area contributed by atoms with Gasteiger partial charge in [-0.05, 0) is 47.9 Å². The molecule has 0 radical (unpaired) electrons. The number of benzene rings is 2. The molecule has 1 amide bonds. The van der Waals surface area contributed by atoms with Crippen LogP contribution < -0.4 is 9.47 Å². The number of phenols is 1. The van der Waals surface area contributed by atoms with E-state index in [4.69, 9.17) is 25.8 Å². The van der Waals surface area contributed by atoms with Crippen LogP contribution in [0.4, 0.5) is 0 Å². The number of esters is 1. The molecule has 7 nitrogen and oxygen atoms in total. The van der Waals surface area contributed by atoms with Crippen LogP contribution in [-0.2, 0) is 22.5 Å². The second-order valence-electron chi connectivity index (χ2n) is 6.28. The van der Waals surface area contributed by atoms with Crippen molar-refractivity contribution in [1.29, 1.82) is 0 Å². The summed E-state index contributed by atoms with van der Waals surface area (Å²) in [4.78, 5) is 26.2. The van der Waals surface area contributed by atoms with Crippen LogP contribution in [0.5, 0.6) is 17.2 Å². The zero-order valence-electron chi connectivity index (χ0n) is 15.5. The molecule has 0 saturated carbocycles. The lowest BCUT2D eigenvalue weighted by atomic mass is 9.99. The number of hydrogen-bond acceptors (Lipinski definition) is 6. The van der Waals surface area contributed by atoms with Gasteiger partial charge < -0.3 is 24.2 Å². The predicted octanol–water partition coefficient (Wildman–Crippen LogP) is 2.80. The van der Waals surface area contributed by atoms with E-state index < -0.39 is 12.6 Å². The molecule has 148 valence electrons. The molecule has 0 bridgehead atoms. The van der Waals surface area contributed by atoms with Gasteiger partial charge in [0.1, 0.15) is 11.3 Å². The van der Waals surface area contributed by atoms with Crippen molar-refractivity contribution in [2.45, 2.75) is 13.0 Å². The molecular weight excluding hydrogens is 386 g/mol. The van der Waals surface area contributed by atoms with Crippen LogP contribution in [0.25, 0.3) is 0 Å². The third-order valence-electron chi connectivity index (χ3n) is 4.58. The van der Waals surface area contributed by atoms with Crippen molar-refractivity contribution in [3.05, 3.63) is 52.0 Å². The molecule has 0 unspecified atom stereocenters. The van der Waals surface area contributed by atoms with Crippen molar-refractivity contribution < 1.29 is 28.9 Å². The van der Waals surface area contributed by atoms with E-state index >= 15 is 0 Å². The van der Waals surface area contributed by atoms with Gasteiger partial charge in [-0.1, -0.05) is 11.6 Å². The van der Waals surface area contributed by atoms with Crippen LogP contribution in [0.2, 0.25) is 5.02 Å². The molecule has 0 atom stereocenters. The number of halogens is 1. The SMILES string of the molecule is COc1cc2c(cc1OC)CN(C(=O)COC(=O)c1ccc(Cl)cc1O)CC2. The fourth-order valence-corrected chi connectivity index (χ4v) is 3.24. The van der Waals surface area contributed by atoms with Crippen molar-refractivity contribution in [2.75, 3.05) is 27.4 Å². The van der Waals surface area contributed by atoms with Crippen LogP contribution >= 0.6 is 11.6 Å². The Hall–Kier alpha value is -2.93. The smallest absolute Gasteiger partial charge is 0.342 e. The van der Waals surface area contributed by atoms with Crippen LogP contribution in [0.15, 0.2) is 30.3 Å². The molecular formula is C20H20ClNO6. The normalized spacial score (nSPS) is 12.9. The molecule has 8 heteroatoms. The lowest BCUT2D eigenvalue weighted by molar-refractivity contribution is -0.135. The topological polar surface area (TPSA) is 85.3 Å². The molecule has 0 aromatic heterocycles. The monoisotopic (exact) mass is 405 g/mol. The Morgan fingerprint density at radius 2 is 1.79 bits per heavy atom. The molecule has 1 aliphatic heterocycles. The third-order valence-corrected chi connectivity index (χ3v) is 4.81. The molecule has 0 saturated heterocycles. The first kappa shape index (κ1) is 19.8. The molecule has 3 rings (SSSR count). The number of ether oxygens (including phenoxy) is 3. The van der Waals surface area contributed by atoms with E-state index in [1.54, 1.807) is 19.1 Å². The van der Waals surface area contributed by atoms with Gasteiger partial charge in [-0.2, -0.15) is 0 Å². The number of amides is 1. The maximum absolute atomic E-state index is 12.5. The minimum Gasteiger partial charge on any atom is -0.507 e. The molecule has 0 fully saturated rings. The molecule has 0 spiro atoms. The fourth-order valence-electron chi connectivity index (χ4n) is 3.07. The number of carbonyl (C=O) groups excluding carboxylic acids is 2. The van der Waals surface area contributed by atoms with E-state index in [2.05, 4.69) is 0 Å². The Bertz CT molecular complexity index is 914. The summed E-state index contributed by atoms with van der Waals surface area (Å²) in [5, 5.41) is 10.1. The van der Waals surface area contributed by atoms with Gasteiger partial charge in [0.2, 0.25) is 0 Å². The largest absolute Gasteiger partial charge is 0.507 e. The van der Waals surface area contributed by atoms with Crippen molar-refractivity contribution in [3.8, 4) is 17.2 Å². The lowest BCUT2D eigenvalue weighted by Gasteiger charge is -2.29. The quantitative estimate of drug-likeness (QED) is 0.770. The Kier molecular flexibility index (Phi) is 5.94. The molecule has 28 heavy (non-hydrogen) atoms. The van der Waals surface area contributed by atoms with Gasteiger partial charge in [-0.15, -0.1) is 0 Å². The predicted molar refractivity (Wildman–Crippen MR) is 102 cm³/mol. The molecule has 1 heterocycles. The zero-order valence-corrected chi connectivity index (χ0v) is 16.3. The van der Waals surface area contributed by atoms with Crippen molar-refractivity contribution in [1.82, 2.24) is 4.90 Å². The average Bonchev–Trinajstić information content (AvgIpc) is 2.70. The summed E-state index contributed by atoms with van der Waals surface area (Å²) < 4.78 is 15.7. The van der Waals surface area contributed by atoms with E-state index in [0.29, 0.717) is 36.0 Å². The molecule has 2 aromatic carbocycles. The number of carbonyl (C=O) groups is 2. The number of nitrogens with zero attached hydrogens (tertiary/aromatic N) is 1. The van der Waals surface area contributed by atoms with E-state index in [0.717, 1.165) is 11.1 Å². The number of methoxy groups -OCH3 is 2. The van der Waals surface area contributed by atoms with E-state index in [1.165, 1.54) is 18.2 Å². The van der Waals surface area contributed by atoms with Crippen molar-refractivity contribution in [2.24, 2.45) is 0 Å². The summed E-state index contributed by atoms with van der Waals surface area (Å²) in [6.07, 6.45) is 0.660. The van der Waals surface area contributed by atoms with Crippen LogP contribution in [0.3, 0.4) is 0 Å². The molecule has 1 N–H and O–H groups in total. The molecule has 2 aromatic rings. The highest BCUT2D eigenvalue weighted by atomic mass is 35.5. The van der Waals surface area contributed by atoms with E-state index in [9.17, 15) is 14.7 Å². The number of aromatic hydroxyl groups is 1. The van der Waals surface area contributed by atoms with E-state index in [-0.39, 0.29) is 17.2 Å². The third kappa shape index (κ3) is 4.14. The van der Waals surface area contributed by atoms with Gasteiger partial charge in [-0.25, -0.2) is 4.79 Å².